The molecule has 11 rings (SSSR count). The maximum atomic E-state index is 2.53. The quantitative estimate of drug-likeness (QED) is 0.164. The highest BCUT2D eigenvalue weighted by molar-refractivity contribution is 6.00. The zero-order valence-corrected chi connectivity index (χ0v) is 36.7. The van der Waals surface area contributed by atoms with Crippen LogP contribution in [0.5, 0.6) is 0 Å². The second kappa shape index (κ2) is 19.2. The molecule has 7 aromatic carbocycles. The number of allylic oxidation sites excluding steroid dienone is 8. The largest absolute Gasteiger partial charge is 0.0839 e. The standard InChI is InChI=1S/C30H24.2C13H12.2C2H6/c1-19-14-15-24-25-17-20-8-2-3-9-21(20)18-29(25)30(28(24)16-19)26-12-6-4-10-22(26)23-11-5-7-13-27(23)30;1-11-6-5-9-13(10-11)12-7-3-2-4-8-12;1-11-7-9-13(10-8-11)12-5-3-2-4-6-12;2*1-2/h2-4,6-10,12-13,16-18H,5,11,14-15H2,1H3;2*2-10H,1H3;2*1-2H3. The molecule has 4 aliphatic rings. The van der Waals surface area contributed by atoms with Crippen molar-refractivity contribution < 1.29 is 0 Å². The minimum absolute atomic E-state index is 0.140. The minimum atomic E-state index is -0.140. The van der Waals surface area contributed by atoms with Crippen molar-refractivity contribution in [1.82, 2.24) is 0 Å². The van der Waals surface area contributed by atoms with Gasteiger partial charge in [-0.3, -0.25) is 0 Å². The molecule has 7 aromatic rings. The molecule has 0 nitrogen and oxygen atoms in total. The van der Waals surface area contributed by atoms with Crippen LogP contribution in [0.25, 0.3) is 44.2 Å². The van der Waals surface area contributed by atoms with E-state index in [1.165, 1.54) is 84.0 Å². The van der Waals surface area contributed by atoms with Gasteiger partial charge in [0.1, 0.15) is 0 Å². The Balaban J connectivity index is 0.000000151. The van der Waals surface area contributed by atoms with Crippen molar-refractivity contribution in [1.29, 1.82) is 0 Å². The molecule has 0 heterocycles. The third kappa shape index (κ3) is 8.17. The number of aryl methyl sites for hydroxylation is 2. The summed E-state index contributed by atoms with van der Waals surface area (Å²) in [6.45, 7) is 14.5. The van der Waals surface area contributed by atoms with E-state index in [-0.39, 0.29) is 5.41 Å². The first kappa shape index (κ1) is 41.9. The molecule has 300 valence electrons. The Morgan fingerprint density at radius 1 is 0.400 bits per heavy atom. The van der Waals surface area contributed by atoms with Crippen molar-refractivity contribution in [3.8, 4) is 22.3 Å². The first-order valence-corrected chi connectivity index (χ1v) is 22.2. The summed E-state index contributed by atoms with van der Waals surface area (Å²) in [5.41, 5.74) is 21.3. The van der Waals surface area contributed by atoms with E-state index in [2.05, 4.69) is 197 Å². The van der Waals surface area contributed by atoms with Gasteiger partial charge in [-0.15, -0.1) is 0 Å². The molecule has 1 unspecified atom stereocenters. The molecule has 0 N–H and O–H groups in total. The lowest BCUT2D eigenvalue weighted by atomic mass is 9.67. The average Bonchev–Trinajstić information content (AvgIpc) is 3.77. The Labute approximate surface area is 360 Å². The number of hydrogen-bond acceptors (Lipinski definition) is 0. The highest BCUT2D eigenvalue weighted by atomic mass is 14.5. The summed E-state index contributed by atoms with van der Waals surface area (Å²) in [6.07, 6.45) is 12.0. The van der Waals surface area contributed by atoms with Crippen LogP contribution in [0.2, 0.25) is 0 Å². The molecular formula is C60H60. The van der Waals surface area contributed by atoms with Gasteiger partial charge < -0.3 is 0 Å². The molecule has 0 aromatic heterocycles. The Morgan fingerprint density at radius 3 is 1.65 bits per heavy atom. The van der Waals surface area contributed by atoms with Gasteiger partial charge in [-0.05, 0) is 136 Å². The number of hydrogen-bond donors (Lipinski definition) is 0. The third-order valence-corrected chi connectivity index (χ3v) is 12.0. The molecule has 0 radical (unpaired) electrons. The van der Waals surface area contributed by atoms with E-state index < -0.39 is 0 Å². The van der Waals surface area contributed by atoms with Gasteiger partial charge in [0.15, 0.2) is 0 Å². The van der Waals surface area contributed by atoms with E-state index in [0.29, 0.717) is 0 Å². The maximum Gasteiger partial charge on any atom is 0.0719 e. The fraction of sp³-hybridized carbons (Fsp3) is 0.200. The Kier molecular flexibility index (Phi) is 13.4. The molecule has 0 heteroatoms. The zero-order chi connectivity index (χ0) is 42.1. The monoisotopic (exact) mass is 780 g/mol. The molecule has 0 fully saturated rings. The third-order valence-electron chi connectivity index (χ3n) is 12.0. The summed E-state index contributed by atoms with van der Waals surface area (Å²) in [5.74, 6) is 0. The van der Waals surface area contributed by atoms with E-state index >= 15 is 0 Å². The maximum absolute atomic E-state index is 2.53. The molecule has 1 spiro atoms. The van der Waals surface area contributed by atoms with E-state index in [9.17, 15) is 0 Å². The smallest absolute Gasteiger partial charge is 0.0719 e. The highest BCUT2D eigenvalue weighted by Crippen LogP contribution is 2.64. The van der Waals surface area contributed by atoms with Crippen LogP contribution >= 0.6 is 0 Å². The van der Waals surface area contributed by atoms with Gasteiger partial charge in [0.25, 0.3) is 0 Å². The summed E-state index contributed by atoms with van der Waals surface area (Å²) >= 11 is 0. The van der Waals surface area contributed by atoms with Gasteiger partial charge in [-0.25, -0.2) is 0 Å². The summed E-state index contributed by atoms with van der Waals surface area (Å²) in [4.78, 5) is 0. The topological polar surface area (TPSA) is 0 Å². The number of benzene rings is 7. The lowest BCUT2D eigenvalue weighted by Gasteiger charge is -2.34. The molecule has 0 aliphatic heterocycles. The van der Waals surface area contributed by atoms with Crippen LogP contribution in [-0.2, 0) is 5.41 Å². The molecule has 0 bridgehead atoms. The Bertz CT molecular complexity index is 2680. The first-order chi connectivity index (χ1) is 29.5. The molecule has 60 heavy (non-hydrogen) atoms. The van der Waals surface area contributed by atoms with Crippen LogP contribution in [0.15, 0.2) is 205 Å². The second-order valence-corrected chi connectivity index (χ2v) is 15.7. The van der Waals surface area contributed by atoms with Crippen molar-refractivity contribution >= 4 is 21.9 Å². The van der Waals surface area contributed by atoms with Crippen molar-refractivity contribution in [2.45, 2.75) is 79.6 Å². The summed E-state index contributed by atoms with van der Waals surface area (Å²) in [7, 11) is 0. The van der Waals surface area contributed by atoms with E-state index in [0.717, 1.165) is 19.3 Å². The predicted molar refractivity (Wildman–Crippen MR) is 262 cm³/mol. The van der Waals surface area contributed by atoms with Gasteiger partial charge in [0, 0.05) is 0 Å². The summed E-state index contributed by atoms with van der Waals surface area (Å²) in [6, 6.07) is 61.1. The zero-order valence-electron chi connectivity index (χ0n) is 36.7. The number of fused-ring (bicyclic) bond motifs is 9. The fourth-order valence-corrected chi connectivity index (χ4v) is 9.35. The first-order valence-electron chi connectivity index (χ1n) is 22.2. The van der Waals surface area contributed by atoms with Gasteiger partial charge in [0.05, 0.1) is 5.41 Å². The van der Waals surface area contributed by atoms with E-state index in [1.54, 1.807) is 16.7 Å². The van der Waals surface area contributed by atoms with Gasteiger partial charge in [0.2, 0.25) is 0 Å². The molecule has 1 atom stereocenters. The van der Waals surface area contributed by atoms with Crippen molar-refractivity contribution in [3.05, 3.63) is 238 Å². The van der Waals surface area contributed by atoms with Crippen LogP contribution in [0.1, 0.15) is 93.7 Å². The van der Waals surface area contributed by atoms with Crippen LogP contribution < -0.4 is 0 Å². The van der Waals surface area contributed by atoms with Gasteiger partial charge in [-0.1, -0.05) is 220 Å². The summed E-state index contributed by atoms with van der Waals surface area (Å²) in [5, 5.41) is 2.70. The van der Waals surface area contributed by atoms with Crippen molar-refractivity contribution in [2.75, 3.05) is 0 Å². The van der Waals surface area contributed by atoms with Crippen LogP contribution in [0.4, 0.5) is 0 Å². The Morgan fingerprint density at radius 2 is 0.967 bits per heavy atom. The van der Waals surface area contributed by atoms with E-state index in [1.807, 2.05) is 39.8 Å². The van der Waals surface area contributed by atoms with Gasteiger partial charge >= 0.3 is 0 Å². The lowest BCUT2D eigenvalue weighted by Crippen LogP contribution is -2.28. The van der Waals surface area contributed by atoms with E-state index in [4.69, 9.17) is 0 Å². The molecule has 0 saturated heterocycles. The molecule has 4 aliphatic carbocycles. The number of rotatable bonds is 2. The van der Waals surface area contributed by atoms with Gasteiger partial charge in [-0.2, -0.15) is 0 Å². The van der Waals surface area contributed by atoms with Crippen LogP contribution in [-0.4, -0.2) is 0 Å². The molecular weight excluding hydrogens is 721 g/mol. The fourth-order valence-electron chi connectivity index (χ4n) is 9.35. The Hall–Kier alpha value is -6.24. The normalized spacial score (nSPS) is 16.3. The predicted octanol–water partition coefficient (Wildman–Crippen LogP) is 17.1. The second-order valence-electron chi connectivity index (χ2n) is 15.7. The summed E-state index contributed by atoms with van der Waals surface area (Å²) < 4.78 is 0. The van der Waals surface area contributed by atoms with Crippen LogP contribution in [0, 0.1) is 13.8 Å². The SMILES string of the molecule is CC.CC.CC1=CC2=C(CC1)c1cc3ccccc3cc1C21C2=C(CCC=C2)c2ccccc21.Cc1ccc(-c2ccccc2)cc1.Cc1cccc(-c2ccccc2)c1. The molecule has 0 saturated carbocycles. The average molecular weight is 781 g/mol. The van der Waals surface area contributed by atoms with Crippen molar-refractivity contribution in [3.63, 3.8) is 0 Å². The molecule has 0 amide bonds. The lowest BCUT2D eigenvalue weighted by molar-refractivity contribution is 0.765. The van der Waals surface area contributed by atoms with Crippen LogP contribution in [0.3, 0.4) is 0 Å². The highest BCUT2D eigenvalue weighted by Gasteiger charge is 2.53. The minimum Gasteiger partial charge on any atom is -0.0839 e. The van der Waals surface area contributed by atoms with Crippen molar-refractivity contribution in [2.24, 2.45) is 0 Å².